The van der Waals surface area contributed by atoms with E-state index in [0.29, 0.717) is 17.5 Å². The highest BCUT2D eigenvalue weighted by Gasteiger charge is 2.17. The molecule has 10 aromatic rings. The van der Waals surface area contributed by atoms with E-state index >= 15 is 0 Å². The highest BCUT2D eigenvalue weighted by molar-refractivity contribution is 7.26. The van der Waals surface area contributed by atoms with Gasteiger partial charge in [-0.05, 0) is 87.0 Å². The number of rotatable bonds is 7. The number of hydrogen-bond donors (Lipinski definition) is 0. The van der Waals surface area contributed by atoms with Gasteiger partial charge in [-0.2, -0.15) is 0 Å². The van der Waals surface area contributed by atoms with Crippen LogP contribution >= 0.6 is 11.3 Å². The SMILES string of the molecule is c1ccc(-c2cc(-c3ccccc3)cc(-c3cccc(-c4cccc(-c5nc(-c6ccccc6)nc(-c6cccc7c6sc6ccccc67)n5)c4)c3)c2)cc1. The Bertz CT molecular complexity index is 2910. The fraction of sp³-hybridized carbons (Fsp3) is 0. The molecule has 258 valence electrons. The van der Waals surface area contributed by atoms with Crippen LogP contribution in [-0.2, 0) is 0 Å². The number of aromatic nitrogens is 3. The average molecular weight is 720 g/mol. The molecule has 4 heteroatoms. The smallest absolute Gasteiger partial charge is 0.165 e. The fourth-order valence-electron chi connectivity index (χ4n) is 7.37. The van der Waals surface area contributed by atoms with Gasteiger partial charge in [0.1, 0.15) is 0 Å². The summed E-state index contributed by atoms with van der Waals surface area (Å²) in [7, 11) is 0. The lowest BCUT2D eigenvalue weighted by molar-refractivity contribution is 1.08. The number of benzene rings is 8. The first-order valence-electron chi connectivity index (χ1n) is 18.4. The molecule has 0 N–H and O–H groups in total. The molecule has 0 bridgehead atoms. The number of hydrogen-bond acceptors (Lipinski definition) is 4. The van der Waals surface area contributed by atoms with E-state index in [1.165, 1.54) is 48.0 Å². The Hall–Kier alpha value is -7.01. The van der Waals surface area contributed by atoms with Crippen molar-refractivity contribution < 1.29 is 0 Å². The van der Waals surface area contributed by atoms with E-state index in [9.17, 15) is 0 Å². The van der Waals surface area contributed by atoms with Gasteiger partial charge in [0.15, 0.2) is 17.5 Å². The van der Waals surface area contributed by atoms with Crippen molar-refractivity contribution in [1.29, 1.82) is 0 Å². The summed E-state index contributed by atoms with van der Waals surface area (Å²) in [5.41, 5.74) is 12.2. The first-order chi connectivity index (χ1) is 27.2. The minimum Gasteiger partial charge on any atom is -0.208 e. The molecule has 0 atom stereocenters. The van der Waals surface area contributed by atoms with Crippen molar-refractivity contribution in [3.05, 3.63) is 200 Å². The molecule has 55 heavy (non-hydrogen) atoms. The summed E-state index contributed by atoms with van der Waals surface area (Å²) in [6, 6.07) is 70.6. The molecule has 0 saturated carbocycles. The van der Waals surface area contributed by atoms with Crippen LogP contribution in [0, 0.1) is 0 Å². The predicted octanol–water partition coefficient (Wildman–Crippen LogP) is 13.9. The van der Waals surface area contributed by atoms with Gasteiger partial charge in [-0.1, -0.05) is 158 Å². The highest BCUT2D eigenvalue weighted by atomic mass is 32.1. The molecular formula is C51H33N3S. The van der Waals surface area contributed by atoms with Gasteiger partial charge >= 0.3 is 0 Å². The van der Waals surface area contributed by atoms with E-state index in [1.807, 2.05) is 18.2 Å². The zero-order chi connectivity index (χ0) is 36.6. The van der Waals surface area contributed by atoms with Crippen LogP contribution in [0.3, 0.4) is 0 Å². The van der Waals surface area contributed by atoms with E-state index in [0.717, 1.165) is 33.4 Å². The predicted molar refractivity (Wildman–Crippen MR) is 231 cm³/mol. The second kappa shape index (κ2) is 14.1. The Balaban J connectivity index is 1.08. The average Bonchev–Trinajstić information content (AvgIpc) is 3.66. The van der Waals surface area contributed by atoms with E-state index in [2.05, 4.69) is 182 Å². The lowest BCUT2D eigenvalue weighted by atomic mass is 9.92. The first kappa shape index (κ1) is 32.6. The zero-order valence-corrected chi connectivity index (χ0v) is 30.6. The Kier molecular flexibility index (Phi) is 8.36. The second-order valence-electron chi connectivity index (χ2n) is 13.6. The van der Waals surface area contributed by atoms with Crippen molar-refractivity contribution in [2.45, 2.75) is 0 Å². The second-order valence-corrected chi connectivity index (χ2v) is 14.7. The molecule has 2 aromatic heterocycles. The molecule has 0 aliphatic carbocycles. The third kappa shape index (κ3) is 6.39. The molecule has 0 aliphatic rings. The summed E-state index contributed by atoms with van der Waals surface area (Å²) >= 11 is 1.78. The third-order valence-corrected chi connectivity index (χ3v) is 11.3. The molecule has 8 aromatic carbocycles. The van der Waals surface area contributed by atoms with Gasteiger partial charge in [-0.15, -0.1) is 11.3 Å². The minimum absolute atomic E-state index is 0.642. The van der Waals surface area contributed by atoms with Gasteiger partial charge in [-0.25, -0.2) is 15.0 Å². The van der Waals surface area contributed by atoms with E-state index in [1.54, 1.807) is 11.3 Å². The van der Waals surface area contributed by atoms with Crippen molar-refractivity contribution in [2.24, 2.45) is 0 Å². The van der Waals surface area contributed by atoms with Gasteiger partial charge in [0.25, 0.3) is 0 Å². The zero-order valence-electron chi connectivity index (χ0n) is 29.8. The van der Waals surface area contributed by atoms with Crippen LogP contribution in [0.2, 0.25) is 0 Å². The van der Waals surface area contributed by atoms with Crippen LogP contribution in [0.1, 0.15) is 0 Å². The van der Waals surface area contributed by atoms with Gasteiger partial charge in [-0.3, -0.25) is 0 Å². The van der Waals surface area contributed by atoms with Crippen LogP contribution in [0.4, 0.5) is 0 Å². The normalized spacial score (nSPS) is 11.3. The molecule has 2 heterocycles. The molecule has 0 amide bonds. The van der Waals surface area contributed by atoms with Crippen molar-refractivity contribution >= 4 is 31.5 Å². The fourth-order valence-corrected chi connectivity index (χ4v) is 8.58. The van der Waals surface area contributed by atoms with Gasteiger partial charge in [0, 0.05) is 36.9 Å². The van der Waals surface area contributed by atoms with Crippen LogP contribution in [0.15, 0.2) is 200 Å². The number of thiophene rings is 1. The van der Waals surface area contributed by atoms with E-state index in [-0.39, 0.29) is 0 Å². The lowest BCUT2D eigenvalue weighted by Crippen LogP contribution is -2.00. The molecule has 10 rings (SSSR count). The van der Waals surface area contributed by atoms with Crippen molar-refractivity contribution in [3.8, 4) is 78.7 Å². The lowest BCUT2D eigenvalue weighted by Gasteiger charge is -2.13. The molecule has 0 unspecified atom stereocenters. The van der Waals surface area contributed by atoms with E-state index < -0.39 is 0 Å². The Morgan fingerprint density at radius 1 is 0.273 bits per heavy atom. The largest absolute Gasteiger partial charge is 0.208 e. The molecule has 0 saturated heterocycles. The Morgan fingerprint density at radius 3 is 1.31 bits per heavy atom. The van der Waals surface area contributed by atoms with Crippen LogP contribution in [0.25, 0.3) is 98.8 Å². The quantitative estimate of drug-likeness (QED) is 0.165. The molecule has 0 radical (unpaired) electrons. The monoisotopic (exact) mass is 719 g/mol. The maximum Gasteiger partial charge on any atom is 0.165 e. The van der Waals surface area contributed by atoms with E-state index in [4.69, 9.17) is 15.0 Å². The molecular weight excluding hydrogens is 687 g/mol. The maximum absolute atomic E-state index is 5.18. The van der Waals surface area contributed by atoms with Crippen molar-refractivity contribution in [2.75, 3.05) is 0 Å². The minimum atomic E-state index is 0.642. The Morgan fingerprint density at radius 2 is 0.673 bits per heavy atom. The standard InChI is InChI=1S/C51H33N3S/c1-4-15-34(16-5-1)41-31-42(35-17-6-2-7-18-35)33-43(32-41)39-23-12-21-37(29-39)38-22-13-24-40(30-38)50-52-49(36-19-8-3-9-20-36)53-51(54-50)46-27-14-26-45-44-25-10-11-28-47(44)55-48(45)46/h1-33H. The number of nitrogens with zero attached hydrogens (tertiary/aromatic N) is 3. The maximum atomic E-state index is 5.18. The van der Waals surface area contributed by atoms with Crippen molar-refractivity contribution in [1.82, 2.24) is 15.0 Å². The summed E-state index contributed by atoms with van der Waals surface area (Å²) in [5, 5.41) is 2.47. The molecule has 3 nitrogen and oxygen atoms in total. The van der Waals surface area contributed by atoms with Crippen LogP contribution in [0.5, 0.6) is 0 Å². The molecule has 0 spiro atoms. The topological polar surface area (TPSA) is 38.7 Å². The summed E-state index contributed by atoms with van der Waals surface area (Å²) in [4.78, 5) is 15.3. The molecule has 0 aliphatic heterocycles. The van der Waals surface area contributed by atoms with Gasteiger partial charge in [0.2, 0.25) is 0 Å². The van der Waals surface area contributed by atoms with Gasteiger partial charge in [0.05, 0.1) is 0 Å². The molecule has 0 fully saturated rings. The summed E-state index contributed by atoms with van der Waals surface area (Å²) < 4.78 is 2.43. The highest BCUT2D eigenvalue weighted by Crippen LogP contribution is 2.40. The van der Waals surface area contributed by atoms with Crippen molar-refractivity contribution in [3.63, 3.8) is 0 Å². The number of fused-ring (bicyclic) bond motifs is 3. The first-order valence-corrected chi connectivity index (χ1v) is 19.2. The summed E-state index contributed by atoms with van der Waals surface area (Å²) in [6.45, 7) is 0. The Labute approximate surface area is 323 Å². The summed E-state index contributed by atoms with van der Waals surface area (Å²) in [6.07, 6.45) is 0. The van der Waals surface area contributed by atoms with Gasteiger partial charge < -0.3 is 0 Å². The van der Waals surface area contributed by atoms with Crippen LogP contribution in [-0.4, -0.2) is 15.0 Å². The summed E-state index contributed by atoms with van der Waals surface area (Å²) in [5.74, 6) is 1.96. The third-order valence-electron chi connectivity index (χ3n) is 10.1. The van der Waals surface area contributed by atoms with Crippen LogP contribution < -0.4 is 0 Å².